The number of aromatic hydroxyl groups is 1. The van der Waals surface area contributed by atoms with Crippen LogP contribution in [0.2, 0.25) is 0 Å². The van der Waals surface area contributed by atoms with Gasteiger partial charge in [-0.25, -0.2) is 5.43 Å². The molecule has 0 aliphatic heterocycles. The summed E-state index contributed by atoms with van der Waals surface area (Å²) >= 11 is 0. The number of hydrogen-bond donors (Lipinski definition) is 2. The summed E-state index contributed by atoms with van der Waals surface area (Å²) in [6.07, 6.45) is 0. The van der Waals surface area contributed by atoms with Gasteiger partial charge in [0.25, 0.3) is 5.91 Å². The van der Waals surface area contributed by atoms with Crippen molar-refractivity contribution in [3.8, 4) is 11.5 Å². The van der Waals surface area contributed by atoms with Crippen molar-refractivity contribution in [2.24, 2.45) is 5.10 Å². The van der Waals surface area contributed by atoms with E-state index in [1.54, 1.807) is 0 Å². The summed E-state index contributed by atoms with van der Waals surface area (Å²) < 4.78 is 5.93. The molecule has 2 N–H and O–H groups in total. The minimum Gasteiger partial charge on any atom is -0.508 e. The van der Waals surface area contributed by atoms with Gasteiger partial charge in [0, 0.05) is 11.1 Å². The maximum atomic E-state index is 12.2. The molecule has 0 heterocycles. The highest BCUT2D eigenvalue weighted by atomic mass is 16.5. The second-order valence-electron chi connectivity index (χ2n) is 5.96. The molecule has 0 saturated heterocycles. The largest absolute Gasteiger partial charge is 0.508 e. The molecule has 3 aromatic carbocycles. The van der Waals surface area contributed by atoms with Gasteiger partial charge < -0.3 is 9.84 Å². The van der Waals surface area contributed by atoms with Crippen molar-refractivity contribution in [3.05, 3.63) is 95.6 Å². The summed E-state index contributed by atoms with van der Waals surface area (Å²) in [5.74, 6) is 0.453. The highest BCUT2D eigenvalue weighted by molar-refractivity contribution is 6.02. The topological polar surface area (TPSA) is 70.9 Å². The number of hydrogen-bond acceptors (Lipinski definition) is 4. The highest BCUT2D eigenvalue weighted by Gasteiger charge is 2.09. The molecule has 0 fully saturated rings. The number of nitrogens with zero attached hydrogens (tertiary/aromatic N) is 1. The Morgan fingerprint density at radius 1 is 0.963 bits per heavy atom. The molecule has 136 valence electrons. The Labute approximate surface area is 157 Å². The SMILES string of the molecule is C/C(=N/NC(=O)c1ccc(O)cc1)c1ccccc1OCc1ccccc1. The Hall–Kier alpha value is -3.60. The zero-order chi connectivity index (χ0) is 19.1. The number of benzene rings is 3. The Balaban J connectivity index is 1.70. The van der Waals surface area contributed by atoms with Gasteiger partial charge in [0.2, 0.25) is 0 Å². The van der Waals surface area contributed by atoms with Crippen molar-refractivity contribution < 1.29 is 14.6 Å². The number of rotatable bonds is 6. The van der Waals surface area contributed by atoms with E-state index in [-0.39, 0.29) is 11.7 Å². The number of ether oxygens (including phenoxy) is 1. The molecule has 0 atom stereocenters. The predicted octanol–water partition coefficient (Wildman–Crippen LogP) is 4.13. The number of hydrazone groups is 1. The van der Waals surface area contributed by atoms with Crippen molar-refractivity contribution in [3.63, 3.8) is 0 Å². The maximum absolute atomic E-state index is 12.2. The number of nitrogens with one attached hydrogen (secondary N) is 1. The van der Waals surface area contributed by atoms with Gasteiger partial charge in [-0.2, -0.15) is 5.10 Å². The van der Waals surface area contributed by atoms with Gasteiger partial charge in [-0.05, 0) is 48.9 Å². The molecular weight excluding hydrogens is 340 g/mol. The van der Waals surface area contributed by atoms with E-state index in [4.69, 9.17) is 4.74 Å². The fourth-order valence-corrected chi connectivity index (χ4v) is 2.50. The number of phenolic OH excluding ortho intramolecular Hbond substituents is 1. The highest BCUT2D eigenvalue weighted by Crippen LogP contribution is 2.20. The number of amides is 1. The minimum absolute atomic E-state index is 0.107. The van der Waals surface area contributed by atoms with Gasteiger partial charge >= 0.3 is 0 Å². The van der Waals surface area contributed by atoms with Crippen LogP contribution in [0.25, 0.3) is 0 Å². The van der Waals surface area contributed by atoms with Crippen LogP contribution < -0.4 is 10.2 Å². The molecule has 3 rings (SSSR count). The first-order valence-electron chi connectivity index (χ1n) is 8.53. The third-order valence-electron chi connectivity index (χ3n) is 3.97. The molecule has 0 saturated carbocycles. The molecule has 3 aromatic rings. The summed E-state index contributed by atoms with van der Waals surface area (Å²) in [7, 11) is 0. The van der Waals surface area contributed by atoms with Crippen molar-refractivity contribution in [2.45, 2.75) is 13.5 Å². The minimum atomic E-state index is -0.350. The standard InChI is InChI=1S/C22H20N2O3/c1-16(23-24-22(26)18-11-13-19(25)14-12-18)20-9-5-6-10-21(20)27-15-17-7-3-2-4-8-17/h2-14,25H,15H2,1H3,(H,24,26)/b23-16-. The summed E-state index contributed by atoms with van der Waals surface area (Å²) in [5, 5.41) is 13.5. The summed E-state index contributed by atoms with van der Waals surface area (Å²) in [6.45, 7) is 2.26. The summed E-state index contributed by atoms with van der Waals surface area (Å²) in [4.78, 5) is 12.2. The zero-order valence-electron chi connectivity index (χ0n) is 14.9. The van der Waals surface area contributed by atoms with E-state index in [9.17, 15) is 9.90 Å². The van der Waals surface area contributed by atoms with Crippen LogP contribution in [0.5, 0.6) is 11.5 Å². The second-order valence-corrected chi connectivity index (χ2v) is 5.96. The molecule has 0 aromatic heterocycles. The second kappa shape index (κ2) is 8.67. The van der Waals surface area contributed by atoms with Crippen molar-refractivity contribution >= 4 is 11.6 Å². The third kappa shape index (κ3) is 4.95. The molecule has 1 amide bonds. The molecule has 0 aliphatic rings. The monoisotopic (exact) mass is 360 g/mol. The predicted molar refractivity (Wildman–Crippen MR) is 105 cm³/mol. The van der Waals surface area contributed by atoms with E-state index in [1.807, 2.05) is 61.5 Å². The van der Waals surface area contributed by atoms with Gasteiger partial charge in [0.1, 0.15) is 18.1 Å². The quantitative estimate of drug-likeness (QED) is 0.513. The first-order chi connectivity index (χ1) is 13.1. The van der Waals surface area contributed by atoms with Crippen LogP contribution in [0.1, 0.15) is 28.4 Å². The van der Waals surface area contributed by atoms with Crippen LogP contribution in [-0.2, 0) is 6.61 Å². The van der Waals surface area contributed by atoms with E-state index in [1.165, 1.54) is 24.3 Å². The van der Waals surface area contributed by atoms with Crippen molar-refractivity contribution in [1.82, 2.24) is 5.43 Å². The first-order valence-corrected chi connectivity index (χ1v) is 8.53. The zero-order valence-corrected chi connectivity index (χ0v) is 14.9. The lowest BCUT2D eigenvalue weighted by molar-refractivity contribution is 0.0955. The Bertz CT molecular complexity index is 935. The van der Waals surface area contributed by atoms with E-state index in [0.29, 0.717) is 23.6 Å². The molecule has 0 unspecified atom stereocenters. The number of carbonyl (C=O) groups is 1. The van der Waals surface area contributed by atoms with Gasteiger partial charge in [-0.3, -0.25) is 4.79 Å². The van der Waals surface area contributed by atoms with Gasteiger partial charge in [-0.1, -0.05) is 42.5 Å². The number of carbonyl (C=O) groups excluding carboxylic acids is 1. The van der Waals surface area contributed by atoms with Crippen LogP contribution in [0, 0.1) is 0 Å². The number of para-hydroxylation sites is 1. The first kappa shape index (κ1) is 18.2. The van der Waals surface area contributed by atoms with Crippen molar-refractivity contribution in [2.75, 3.05) is 0 Å². The maximum Gasteiger partial charge on any atom is 0.271 e. The lowest BCUT2D eigenvalue weighted by Crippen LogP contribution is -2.19. The molecule has 5 heteroatoms. The van der Waals surface area contributed by atoms with E-state index < -0.39 is 0 Å². The Morgan fingerprint density at radius 3 is 2.37 bits per heavy atom. The fourth-order valence-electron chi connectivity index (χ4n) is 2.50. The lowest BCUT2D eigenvalue weighted by Gasteiger charge is -2.11. The smallest absolute Gasteiger partial charge is 0.271 e. The van der Waals surface area contributed by atoms with Gasteiger partial charge in [0.05, 0.1) is 5.71 Å². The van der Waals surface area contributed by atoms with E-state index in [0.717, 1.165) is 11.1 Å². The van der Waals surface area contributed by atoms with Gasteiger partial charge in [-0.15, -0.1) is 0 Å². The van der Waals surface area contributed by atoms with Crippen LogP contribution in [0.15, 0.2) is 84.0 Å². The lowest BCUT2D eigenvalue weighted by atomic mass is 10.1. The summed E-state index contributed by atoms with van der Waals surface area (Å²) in [6, 6.07) is 23.4. The average molecular weight is 360 g/mol. The van der Waals surface area contributed by atoms with E-state index in [2.05, 4.69) is 10.5 Å². The van der Waals surface area contributed by atoms with Crippen LogP contribution in [0.3, 0.4) is 0 Å². The number of phenols is 1. The summed E-state index contributed by atoms with van der Waals surface area (Å²) in [5.41, 5.74) is 5.45. The molecule has 0 bridgehead atoms. The third-order valence-corrected chi connectivity index (χ3v) is 3.97. The van der Waals surface area contributed by atoms with Crippen LogP contribution >= 0.6 is 0 Å². The molecule has 0 radical (unpaired) electrons. The Kier molecular flexibility index (Phi) is 5.84. The molecule has 5 nitrogen and oxygen atoms in total. The molecule has 0 spiro atoms. The average Bonchev–Trinajstić information content (AvgIpc) is 2.71. The Morgan fingerprint density at radius 2 is 1.63 bits per heavy atom. The molecular formula is C22H20N2O3. The van der Waals surface area contributed by atoms with Crippen molar-refractivity contribution in [1.29, 1.82) is 0 Å². The van der Waals surface area contributed by atoms with Crippen LogP contribution in [0.4, 0.5) is 0 Å². The molecule has 0 aliphatic carbocycles. The van der Waals surface area contributed by atoms with E-state index >= 15 is 0 Å². The van der Waals surface area contributed by atoms with Gasteiger partial charge in [0.15, 0.2) is 0 Å². The molecule has 27 heavy (non-hydrogen) atoms. The fraction of sp³-hybridized carbons (Fsp3) is 0.0909. The normalized spacial score (nSPS) is 11.1. The van der Waals surface area contributed by atoms with Crippen LogP contribution in [-0.4, -0.2) is 16.7 Å².